The van der Waals surface area contributed by atoms with E-state index in [0.717, 1.165) is 23.3 Å². The van der Waals surface area contributed by atoms with E-state index in [0.29, 0.717) is 11.7 Å². The number of thiazole rings is 1. The molecule has 1 amide bonds. The lowest BCUT2D eigenvalue weighted by atomic mass is 10.2. The molecule has 3 rings (SSSR count). The zero-order chi connectivity index (χ0) is 17.1. The maximum atomic E-state index is 12.5. The zero-order valence-corrected chi connectivity index (χ0v) is 14.9. The van der Waals surface area contributed by atoms with E-state index in [1.54, 1.807) is 18.1 Å². The van der Waals surface area contributed by atoms with Crippen LogP contribution in [0.5, 0.6) is 0 Å². The smallest absolute Gasteiger partial charge is 0.242 e. The molecule has 126 valence electrons. The Morgan fingerprint density at radius 2 is 2.17 bits per heavy atom. The number of rotatable bonds is 6. The van der Waals surface area contributed by atoms with Gasteiger partial charge in [-0.1, -0.05) is 25.1 Å². The Hall–Kier alpha value is -2.18. The molecule has 3 aromatic rings. The number of nitrogens with zero attached hydrogens (tertiary/aromatic N) is 3. The minimum atomic E-state index is 0.0229. The standard InChI is InChI=1S/C18H21N3O2S/c1-4-21(12-17(22)20(3)18-19-9-10-24-18)13(2)16-11-14-7-5-6-8-15(14)23-16/h5-11,13H,4,12H2,1-3H3/t13-/m1/s1. The largest absolute Gasteiger partial charge is 0.459 e. The minimum Gasteiger partial charge on any atom is -0.459 e. The average molecular weight is 343 g/mol. The molecule has 0 spiro atoms. The van der Waals surface area contributed by atoms with Gasteiger partial charge in [0.05, 0.1) is 12.6 Å². The second-order valence-electron chi connectivity index (χ2n) is 5.69. The summed E-state index contributed by atoms with van der Waals surface area (Å²) in [6.45, 7) is 5.20. The highest BCUT2D eigenvalue weighted by molar-refractivity contribution is 7.13. The second kappa shape index (κ2) is 7.15. The molecular formula is C18H21N3O2S. The summed E-state index contributed by atoms with van der Waals surface area (Å²) < 4.78 is 5.95. The van der Waals surface area contributed by atoms with Gasteiger partial charge >= 0.3 is 0 Å². The Morgan fingerprint density at radius 3 is 2.83 bits per heavy atom. The van der Waals surface area contributed by atoms with Crippen LogP contribution in [0.1, 0.15) is 25.6 Å². The molecule has 0 saturated heterocycles. The molecule has 0 saturated carbocycles. The van der Waals surface area contributed by atoms with E-state index >= 15 is 0 Å². The van der Waals surface area contributed by atoms with Crippen LogP contribution >= 0.6 is 11.3 Å². The Bertz CT molecular complexity index is 780. The van der Waals surface area contributed by atoms with Crippen molar-refractivity contribution in [1.29, 1.82) is 0 Å². The summed E-state index contributed by atoms with van der Waals surface area (Å²) in [5.74, 6) is 0.900. The first-order chi connectivity index (χ1) is 11.6. The van der Waals surface area contributed by atoms with E-state index in [-0.39, 0.29) is 11.9 Å². The third kappa shape index (κ3) is 3.34. The van der Waals surface area contributed by atoms with Crippen molar-refractivity contribution in [2.45, 2.75) is 19.9 Å². The molecule has 0 aliphatic rings. The van der Waals surface area contributed by atoms with Gasteiger partial charge in [-0.25, -0.2) is 4.98 Å². The number of carbonyl (C=O) groups is 1. The minimum absolute atomic E-state index is 0.0229. The first-order valence-electron chi connectivity index (χ1n) is 7.98. The zero-order valence-electron chi connectivity index (χ0n) is 14.1. The lowest BCUT2D eigenvalue weighted by Gasteiger charge is -2.27. The van der Waals surface area contributed by atoms with Crippen LogP contribution in [0.15, 0.2) is 46.3 Å². The highest BCUT2D eigenvalue weighted by Gasteiger charge is 2.23. The Morgan fingerprint density at radius 1 is 1.38 bits per heavy atom. The molecule has 0 bridgehead atoms. The average Bonchev–Trinajstić information content (AvgIpc) is 3.27. The van der Waals surface area contributed by atoms with E-state index in [9.17, 15) is 4.79 Å². The number of aromatic nitrogens is 1. The van der Waals surface area contributed by atoms with Crippen molar-refractivity contribution >= 4 is 33.3 Å². The third-order valence-electron chi connectivity index (χ3n) is 4.23. The summed E-state index contributed by atoms with van der Waals surface area (Å²) in [5.41, 5.74) is 0.877. The number of fused-ring (bicyclic) bond motifs is 1. The molecule has 0 N–H and O–H groups in total. The van der Waals surface area contributed by atoms with Gasteiger partial charge in [-0.05, 0) is 25.6 Å². The SMILES string of the molecule is CCN(CC(=O)N(C)c1nccs1)[C@H](C)c1cc2ccccc2o1. The van der Waals surface area contributed by atoms with E-state index in [1.807, 2.05) is 29.6 Å². The van der Waals surface area contributed by atoms with Crippen molar-refractivity contribution in [3.05, 3.63) is 47.7 Å². The summed E-state index contributed by atoms with van der Waals surface area (Å²) in [6.07, 6.45) is 1.71. The number of amides is 1. The highest BCUT2D eigenvalue weighted by Crippen LogP contribution is 2.27. The molecule has 1 aromatic carbocycles. The third-order valence-corrected chi connectivity index (χ3v) is 5.08. The maximum absolute atomic E-state index is 12.5. The van der Waals surface area contributed by atoms with Crippen LogP contribution in [-0.4, -0.2) is 35.9 Å². The normalized spacial score (nSPS) is 12.7. The summed E-state index contributed by atoms with van der Waals surface area (Å²) in [5, 5.41) is 3.67. The van der Waals surface area contributed by atoms with Gasteiger partial charge in [-0.2, -0.15) is 0 Å². The topological polar surface area (TPSA) is 49.6 Å². The van der Waals surface area contributed by atoms with Gasteiger partial charge < -0.3 is 4.42 Å². The quantitative estimate of drug-likeness (QED) is 0.680. The lowest BCUT2D eigenvalue weighted by molar-refractivity contribution is -0.120. The predicted molar refractivity (Wildman–Crippen MR) is 97.4 cm³/mol. The van der Waals surface area contributed by atoms with Crippen LogP contribution in [0, 0.1) is 0 Å². The second-order valence-corrected chi connectivity index (χ2v) is 6.57. The molecule has 0 radical (unpaired) electrons. The molecule has 2 heterocycles. The number of benzene rings is 1. The molecule has 24 heavy (non-hydrogen) atoms. The van der Waals surface area contributed by atoms with Crippen LogP contribution in [-0.2, 0) is 4.79 Å². The molecular weight excluding hydrogens is 322 g/mol. The molecule has 6 heteroatoms. The van der Waals surface area contributed by atoms with Crippen LogP contribution in [0.2, 0.25) is 0 Å². The summed E-state index contributed by atoms with van der Waals surface area (Å²) in [4.78, 5) is 20.4. The molecule has 0 fully saturated rings. The van der Waals surface area contributed by atoms with E-state index < -0.39 is 0 Å². The number of hydrogen-bond donors (Lipinski definition) is 0. The molecule has 2 aromatic heterocycles. The fraction of sp³-hybridized carbons (Fsp3) is 0.333. The van der Waals surface area contributed by atoms with Crippen molar-refractivity contribution < 1.29 is 9.21 Å². The maximum Gasteiger partial charge on any atom is 0.242 e. The van der Waals surface area contributed by atoms with Gasteiger partial charge in [0.25, 0.3) is 0 Å². The Labute approximate surface area is 145 Å². The lowest BCUT2D eigenvalue weighted by Crippen LogP contribution is -2.39. The number of hydrogen-bond acceptors (Lipinski definition) is 5. The van der Waals surface area contributed by atoms with Gasteiger partial charge in [0.2, 0.25) is 5.91 Å². The van der Waals surface area contributed by atoms with E-state index in [4.69, 9.17) is 4.42 Å². The van der Waals surface area contributed by atoms with Crippen molar-refractivity contribution in [1.82, 2.24) is 9.88 Å². The Kier molecular flexibility index (Phi) is 4.97. The molecule has 0 unspecified atom stereocenters. The number of para-hydroxylation sites is 1. The van der Waals surface area contributed by atoms with Crippen LogP contribution in [0.3, 0.4) is 0 Å². The fourth-order valence-electron chi connectivity index (χ4n) is 2.68. The van der Waals surface area contributed by atoms with Crippen molar-refractivity contribution in [2.75, 3.05) is 25.0 Å². The summed E-state index contributed by atoms with van der Waals surface area (Å²) >= 11 is 1.46. The first kappa shape index (κ1) is 16.7. The Balaban J connectivity index is 1.74. The number of carbonyl (C=O) groups excluding carboxylic acids is 1. The highest BCUT2D eigenvalue weighted by atomic mass is 32.1. The van der Waals surface area contributed by atoms with Crippen LogP contribution < -0.4 is 4.90 Å². The van der Waals surface area contributed by atoms with Crippen LogP contribution in [0.4, 0.5) is 5.13 Å². The van der Waals surface area contributed by atoms with Crippen LogP contribution in [0.25, 0.3) is 11.0 Å². The summed E-state index contributed by atoms with van der Waals surface area (Å²) in [6, 6.07) is 10.0. The fourth-order valence-corrected chi connectivity index (χ4v) is 3.30. The monoisotopic (exact) mass is 343 g/mol. The number of furan rings is 1. The number of likely N-dealkylation sites (N-methyl/N-ethyl adjacent to an activating group) is 2. The van der Waals surface area contributed by atoms with Gasteiger partial charge in [0, 0.05) is 24.0 Å². The van der Waals surface area contributed by atoms with Gasteiger partial charge in [0.15, 0.2) is 5.13 Å². The first-order valence-corrected chi connectivity index (χ1v) is 8.86. The van der Waals surface area contributed by atoms with E-state index in [2.05, 4.69) is 29.8 Å². The van der Waals surface area contributed by atoms with Crippen molar-refractivity contribution in [3.63, 3.8) is 0 Å². The predicted octanol–water partition coefficient (Wildman–Crippen LogP) is 3.94. The molecule has 1 atom stereocenters. The molecule has 0 aliphatic heterocycles. The molecule has 0 aliphatic carbocycles. The number of anilines is 1. The molecule has 5 nitrogen and oxygen atoms in total. The van der Waals surface area contributed by atoms with Crippen molar-refractivity contribution in [2.24, 2.45) is 0 Å². The van der Waals surface area contributed by atoms with Gasteiger partial charge in [0.1, 0.15) is 11.3 Å². The van der Waals surface area contributed by atoms with Gasteiger partial charge in [-0.3, -0.25) is 14.6 Å². The van der Waals surface area contributed by atoms with Crippen molar-refractivity contribution in [3.8, 4) is 0 Å². The van der Waals surface area contributed by atoms with E-state index in [1.165, 1.54) is 11.3 Å². The summed E-state index contributed by atoms with van der Waals surface area (Å²) in [7, 11) is 1.76. The van der Waals surface area contributed by atoms with Gasteiger partial charge in [-0.15, -0.1) is 11.3 Å².